The van der Waals surface area contributed by atoms with Crippen LogP contribution in [0.2, 0.25) is 0 Å². The van der Waals surface area contributed by atoms with Gasteiger partial charge in [0.25, 0.3) is 0 Å². The summed E-state index contributed by atoms with van der Waals surface area (Å²) in [5.41, 5.74) is 0. The van der Waals surface area contributed by atoms with Gasteiger partial charge in [-0.2, -0.15) is 0 Å². The van der Waals surface area contributed by atoms with Gasteiger partial charge in [-0.1, -0.05) is 48.7 Å². The number of hydrogen-bond donors (Lipinski definition) is 0. The molecule has 1 amide bonds. The van der Waals surface area contributed by atoms with E-state index in [9.17, 15) is 4.79 Å². The first-order chi connectivity index (χ1) is 10.5. The van der Waals surface area contributed by atoms with Gasteiger partial charge in [0.15, 0.2) is 3.79 Å². The van der Waals surface area contributed by atoms with E-state index in [0.29, 0.717) is 6.42 Å². The van der Waals surface area contributed by atoms with E-state index >= 15 is 0 Å². The van der Waals surface area contributed by atoms with E-state index in [1.54, 1.807) is 18.1 Å². The van der Waals surface area contributed by atoms with Crippen molar-refractivity contribution in [3.63, 3.8) is 0 Å². The van der Waals surface area contributed by atoms with Crippen LogP contribution in [0.25, 0.3) is 0 Å². The molecule has 0 aliphatic heterocycles. The molecule has 0 aliphatic carbocycles. The van der Waals surface area contributed by atoms with Crippen LogP contribution in [0.5, 0.6) is 0 Å². The third kappa shape index (κ3) is 6.75. The Morgan fingerprint density at radius 2 is 1.96 bits per heavy atom. The minimum atomic E-state index is -1.40. The molecule has 0 aromatic carbocycles. The van der Waals surface area contributed by atoms with Crippen molar-refractivity contribution in [2.45, 2.75) is 41.4 Å². The van der Waals surface area contributed by atoms with Crippen LogP contribution in [0.15, 0.2) is 11.6 Å². The number of halogens is 5. The molecule has 1 rings (SSSR count). The Labute approximate surface area is 166 Å². The predicted octanol–water partition coefficient (Wildman–Crippen LogP) is 5.87. The van der Waals surface area contributed by atoms with Crippen molar-refractivity contribution in [1.82, 2.24) is 9.88 Å². The van der Waals surface area contributed by atoms with Crippen molar-refractivity contribution in [2.75, 3.05) is 7.05 Å². The fourth-order valence-electron chi connectivity index (χ4n) is 1.97. The second kappa shape index (κ2) is 9.30. The Balaban J connectivity index is 2.90. The maximum atomic E-state index is 12.5. The molecule has 23 heavy (non-hydrogen) atoms. The normalized spacial score (nSPS) is 16.2. The topological polar surface area (TPSA) is 33.2 Å². The van der Waals surface area contributed by atoms with Crippen LogP contribution in [0, 0.1) is 11.8 Å². The lowest BCUT2D eigenvalue weighted by Gasteiger charge is -2.31. The van der Waals surface area contributed by atoms with Gasteiger partial charge in [-0.05, 0) is 12.3 Å². The fraction of sp³-hybridized carbons (Fsp3) is 0.714. The van der Waals surface area contributed by atoms with Crippen LogP contribution in [-0.4, -0.2) is 31.5 Å². The summed E-state index contributed by atoms with van der Waals surface area (Å²) in [4.78, 5) is 17.9. The SMILES string of the molecule is C[C@@H](CC(=O)N(C)C(C[C@H](C)C(Cl)(Cl)Cl)c1nccs1)C(Cl)Cl. The Bertz CT molecular complexity index is 492. The Morgan fingerprint density at radius 1 is 1.35 bits per heavy atom. The molecule has 0 saturated carbocycles. The summed E-state index contributed by atoms with van der Waals surface area (Å²) in [5, 5.41) is 2.67. The number of amides is 1. The number of aromatic nitrogens is 1. The summed E-state index contributed by atoms with van der Waals surface area (Å²) >= 11 is 31.1. The molecule has 9 heteroatoms. The molecule has 3 atom stereocenters. The highest BCUT2D eigenvalue weighted by Gasteiger charge is 2.34. The summed E-state index contributed by atoms with van der Waals surface area (Å²) in [6, 6.07) is -0.260. The van der Waals surface area contributed by atoms with Crippen molar-refractivity contribution in [2.24, 2.45) is 11.8 Å². The minimum Gasteiger partial charge on any atom is -0.336 e. The van der Waals surface area contributed by atoms with Gasteiger partial charge in [0.2, 0.25) is 5.91 Å². The van der Waals surface area contributed by atoms with Crippen LogP contribution in [0.4, 0.5) is 0 Å². The van der Waals surface area contributed by atoms with E-state index in [1.165, 1.54) is 11.3 Å². The molecule has 1 aromatic rings. The molecule has 0 spiro atoms. The molecule has 1 aromatic heterocycles. The van der Waals surface area contributed by atoms with E-state index in [4.69, 9.17) is 58.0 Å². The number of carbonyl (C=O) groups is 1. The molecule has 1 unspecified atom stereocenters. The van der Waals surface area contributed by atoms with Gasteiger partial charge in [0.05, 0.1) is 6.04 Å². The van der Waals surface area contributed by atoms with Gasteiger partial charge in [-0.25, -0.2) is 4.98 Å². The summed E-state index contributed by atoms with van der Waals surface area (Å²) in [5.74, 6) is -0.459. The van der Waals surface area contributed by atoms with Gasteiger partial charge in [0.1, 0.15) is 9.84 Å². The zero-order chi connectivity index (χ0) is 17.8. The molecule has 0 saturated heterocycles. The lowest BCUT2D eigenvalue weighted by Crippen LogP contribution is -2.35. The maximum absolute atomic E-state index is 12.5. The smallest absolute Gasteiger partial charge is 0.223 e. The average molecular weight is 441 g/mol. The molecule has 0 N–H and O–H groups in total. The van der Waals surface area contributed by atoms with Crippen LogP contribution in [-0.2, 0) is 4.79 Å². The molecular formula is C14H19Cl5N2OS. The lowest BCUT2D eigenvalue weighted by molar-refractivity contribution is -0.133. The summed E-state index contributed by atoms with van der Waals surface area (Å²) in [7, 11) is 1.73. The molecule has 132 valence electrons. The Morgan fingerprint density at radius 3 is 2.39 bits per heavy atom. The molecule has 0 radical (unpaired) electrons. The standard InChI is InChI=1S/C14H19Cl5N2OS/c1-8(12(15)16)6-11(22)21(3)10(13-20-4-5-23-13)7-9(2)14(17,18)19/h4-5,8-10,12H,6-7H2,1-3H3/t8-,9-,10?/m0/s1. The molecule has 0 bridgehead atoms. The Hall–Kier alpha value is 0.550. The first-order valence-corrected chi connectivity index (χ1v) is 9.92. The van der Waals surface area contributed by atoms with E-state index in [0.717, 1.165) is 5.01 Å². The van der Waals surface area contributed by atoms with Crippen LogP contribution in [0.3, 0.4) is 0 Å². The number of nitrogens with zero attached hydrogens (tertiary/aromatic N) is 2. The van der Waals surface area contributed by atoms with Crippen molar-refractivity contribution < 1.29 is 4.79 Å². The fourth-order valence-corrected chi connectivity index (χ4v) is 3.21. The first-order valence-electron chi connectivity index (χ1n) is 7.04. The molecule has 0 fully saturated rings. The molecule has 1 heterocycles. The monoisotopic (exact) mass is 438 g/mol. The number of carbonyl (C=O) groups excluding carboxylic acids is 1. The summed E-state index contributed by atoms with van der Waals surface area (Å²) in [6.07, 6.45) is 2.44. The predicted molar refractivity (Wildman–Crippen MR) is 101 cm³/mol. The molecular weight excluding hydrogens is 421 g/mol. The zero-order valence-electron chi connectivity index (χ0n) is 13.0. The second-order valence-electron chi connectivity index (χ2n) is 5.59. The van der Waals surface area contributed by atoms with E-state index in [-0.39, 0.29) is 30.2 Å². The van der Waals surface area contributed by atoms with Gasteiger partial charge < -0.3 is 4.90 Å². The van der Waals surface area contributed by atoms with E-state index in [1.807, 2.05) is 19.2 Å². The number of alkyl halides is 5. The maximum Gasteiger partial charge on any atom is 0.223 e. The molecule has 3 nitrogen and oxygen atoms in total. The summed E-state index contributed by atoms with van der Waals surface area (Å²) in [6.45, 7) is 3.67. The number of hydrogen-bond acceptors (Lipinski definition) is 3. The summed E-state index contributed by atoms with van der Waals surface area (Å²) < 4.78 is -1.40. The van der Waals surface area contributed by atoms with Crippen molar-refractivity contribution in [1.29, 1.82) is 0 Å². The minimum absolute atomic E-state index is 0.0690. The largest absolute Gasteiger partial charge is 0.336 e. The van der Waals surface area contributed by atoms with Crippen LogP contribution in [0.1, 0.15) is 37.7 Å². The zero-order valence-corrected chi connectivity index (χ0v) is 17.6. The number of thiazole rings is 1. The highest BCUT2D eigenvalue weighted by Crippen LogP contribution is 2.41. The first kappa shape index (κ1) is 21.6. The van der Waals surface area contributed by atoms with Gasteiger partial charge in [-0.15, -0.1) is 34.5 Å². The van der Waals surface area contributed by atoms with Crippen molar-refractivity contribution in [3.05, 3.63) is 16.6 Å². The lowest BCUT2D eigenvalue weighted by atomic mass is 10.0. The average Bonchev–Trinajstić information content (AvgIpc) is 2.96. The van der Waals surface area contributed by atoms with E-state index in [2.05, 4.69) is 4.98 Å². The third-order valence-corrected chi connectivity index (χ3v) is 6.51. The number of rotatable bonds is 7. The second-order valence-corrected chi connectivity index (χ2v) is 10.0. The van der Waals surface area contributed by atoms with Crippen LogP contribution < -0.4 is 0 Å². The van der Waals surface area contributed by atoms with Crippen LogP contribution >= 0.6 is 69.3 Å². The van der Waals surface area contributed by atoms with Gasteiger partial charge >= 0.3 is 0 Å². The van der Waals surface area contributed by atoms with Crippen molar-refractivity contribution in [3.8, 4) is 0 Å². The van der Waals surface area contributed by atoms with Gasteiger partial charge in [-0.3, -0.25) is 4.79 Å². The Kier molecular flexibility index (Phi) is 8.73. The molecule has 0 aliphatic rings. The highest BCUT2D eigenvalue weighted by molar-refractivity contribution is 7.09. The highest BCUT2D eigenvalue weighted by atomic mass is 35.6. The van der Waals surface area contributed by atoms with Crippen molar-refractivity contribution >= 4 is 75.2 Å². The van der Waals surface area contributed by atoms with Gasteiger partial charge in [0, 0.05) is 31.0 Å². The van der Waals surface area contributed by atoms with E-state index < -0.39 is 8.63 Å². The third-order valence-electron chi connectivity index (χ3n) is 3.66. The quantitative estimate of drug-likeness (QED) is 0.497.